The van der Waals surface area contributed by atoms with Crippen LogP contribution >= 0.6 is 0 Å². The Balaban J connectivity index is 3.00. The van der Waals surface area contributed by atoms with E-state index in [4.69, 9.17) is 0 Å². The SMILES string of the molecule is C[SiH]1N(CCC(F)(F)F)[SiH](C)N(CCC(F)(F)F)[SiH](C)N1CCC(F)(F)F. The normalized spacial score (nSPS) is 27.3. The van der Waals surface area contributed by atoms with Gasteiger partial charge in [0.2, 0.25) is 0 Å². The Morgan fingerprint density at radius 2 is 0.667 bits per heavy atom. The van der Waals surface area contributed by atoms with Crippen LogP contribution in [0.5, 0.6) is 0 Å². The number of alkyl halides is 9. The van der Waals surface area contributed by atoms with E-state index in [1.54, 1.807) is 32.3 Å². The Kier molecular flexibility index (Phi) is 8.45. The molecular formula is C12H24F9N3Si3. The van der Waals surface area contributed by atoms with Crippen LogP contribution < -0.4 is 0 Å². The summed E-state index contributed by atoms with van der Waals surface area (Å²) in [6, 6.07) is 0. The molecule has 1 heterocycles. The first-order valence-electron chi connectivity index (χ1n) is 8.49. The first-order valence-corrected chi connectivity index (χ1v) is 15.1. The van der Waals surface area contributed by atoms with E-state index in [9.17, 15) is 39.5 Å². The van der Waals surface area contributed by atoms with Crippen molar-refractivity contribution in [1.29, 1.82) is 0 Å². The lowest BCUT2D eigenvalue weighted by Crippen LogP contribution is -2.75. The monoisotopic (exact) mass is 465 g/mol. The van der Waals surface area contributed by atoms with Gasteiger partial charge in [0.05, 0.1) is 19.3 Å². The van der Waals surface area contributed by atoms with Crippen molar-refractivity contribution in [2.45, 2.75) is 57.4 Å². The van der Waals surface area contributed by atoms with Gasteiger partial charge < -0.3 is 12.7 Å². The summed E-state index contributed by atoms with van der Waals surface area (Å²) in [6.07, 6.45) is -16.6. The number of halogens is 9. The fraction of sp³-hybridized carbons (Fsp3) is 1.00. The van der Waals surface area contributed by atoms with Gasteiger partial charge in [-0.3, -0.25) is 0 Å². The maximum Gasteiger partial charge on any atom is 0.390 e. The first-order chi connectivity index (χ1) is 12.0. The second-order valence-corrected chi connectivity index (χ2v) is 16.3. The minimum absolute atomic E-state index is 0.365. The third-order valence-corrected chi connectivity index (χ3v) is 19.9. The van der Waals surface area contributed by atoms with Crippen LogP contribution in [0.3, 0.4) is 0 Å². The molecule has 3 nitrogen and oxygen atoms in total. The minimum Gasteiger partial charge on any atom is -0.327 e. The average Bonchev–Trinajstić information content (AvgIpc) is 2.43. The lowest BCUT2D eigenvalue weighted by Gasteiger charge is -2.54. The molecule has 0 atom stereocenters. The van der Waals surface area contributed by atoms with Crippen molar-refractivity contribution in [1.82, 2.24) is 12.7 Å². The van der Waals surface area contributed by atoms with Gasteiger partial charge in [0, 0.05) is 0 Å². The van der Waals surface area contributed by atoms with Crippen LogP contribution in [-0.4, -0.2) is 78.2 Å². The van der Waals surface area contributed by atoms with Gasteiger partial charge in [0.15, 0.2) is 27.4 Å². The molecule has 0 aromatic heterocycles. The highest BCUT2D eigenvalue weighted by Crippen LogP contribution is 2.28. The van der Waals surface area contributed by atoms with Crippen LogP contribution in [0.25, 0.3) is 0 Å². The summed E-state index contributed by atoms with van der Waals surface area (Å²) in [4.78, 5) is 0. The van der Waals surface area contributed by atoms with E-state index in [0.29, 0.717) is 0 Å². The van der Waals surface area contributed by atoms with Crippen LogP contribution in [0.15, 0.2) is 0 Å². The maximum absolute atomic E-state index is 12.6. The van der Waals surface area contributed by atoms with E-state index in [1.807, 2.05) is 0 Å². The van der Waals surface area contributed by atoms with Gasteiger partial charge in [-0.25, -0.2) is 0 Å². The van der Waals surface area contributed by atoms with E-state index < -0.39 is 65.2 Å². The second kappa shape index (κ2) is 9.15. The van der Waals surface area contributed by atoms with Gasteiger partial charge in [-0.2, -0.15) is 39.5 Å². The molecule has 15 heteroatoms. The molecule has 1 saturated heterocycles. The molecule has 1 rings (SSSR count). The second-order valence-electron chi connectivity index (χ2n) is 6.70. The van der Waals surface area contributed by atoms with Gasteiger partial charge >= 0.3 is 18.5 Å². The number of hydrogen-bond donors (Lipinski definition) is 0. The zero-order valence-corrected chi connectivity index (χ0v) is 18.7. The maximum atomic E-state index is 12.6. The largest absolute Gasteiger partial charge is 0.390 e. The van der Waals surface area contributed by atoms with E-state index in [1.165, 1.54) is 0 Å². The van der Waals surface area contributed by atoms with Gasteiger partial charge in [0.1, 0.15) is 0 Å². The van der Waals surface area contributed by atoms with Crippen LogP contribution in [0.2, 0.25) is 19.6 Å². The molecule has 0 saturated carbocycles. The van der Waals surface area contributed by atoms with E-state index >= 15 is 0 Å². The van der Waals surface area contributed by atoms with Crippen LogP contribution in [0.4, 0.5) is 39.5 Å². The van der Waals surface area contributed by atoms with Gasteiger partial charge in [-0.15, -0.1) is 0 Å². The third-order valence-electron chi connectivity index (χ3n) is 4.84. The first kappa shape index (κ1) is 24.9. The molecule has 0 unspecified atom stereocenters. The Labute approximate surface area is 157 Å². The topological polar surface area (TPSA) is 9.72 Å². The third kappa shape index (κ3) is 8.43. The Bertz CT molecular complexity index is 393. The fourth-order valence-corrected chi connectivity index (χ4v) is 19.5. The number of hydrogen-bond acceptors (Lipinski definition) is 3. The Hall–Kier alpha value is -0.0994. The highest BCUT2D eigenvalue weighted by molar-refractivity contribution is 6.84. The van der Waals surface area contributed by atoms with Gasteiger partial charge in [-0.1, -0.05) is 0 Å². The van der Waals surface area contributed by atoms with E-state index in [2.05, 4.69) is 0 Å². The van der Waals surface area contributed by atoms with Crippen LogP contribution in [0, 0.1) is 0 Å². The fourth-order valence-electron chi connectivity index (χ4n) is 3.40. The van der Waals surface area contributed by atoms with Crippen molar-refractivity contribution >= 4 is 27.4 Å². The summed E-state index contributed by atoms with van der Waals surface area (Å²) in [7, 11) is -6.77. The molecule has 1 fully saturated rings. The molecule has 0 aromatic rings. The summed E-state index contributed by atoms with van der Waals surface area (Å²) < 4.78 is 119. The highest BCUT2D eigenvalue weighted by atomic mass is 28.4. The summed E-state index contributed by atoms with van der Waals surface area (Å²) in [5.41, 5.74) is 0. The zero-order valence-electron chi connectivity index (χ0n) is 15.2. The van der Waals surface area contributed by atoms with Gasteiger partial charge in [-0.05, 0) is 39.3 Å². The van der Waals surface area contributed by atoms with Crippen molar-refractivity contribution in [2.75, 3.05) is 19.6 Å². The quantitative estimate of drug-likeness (QED) is 0.440. The lowest BCUT2D eigenvalue weighted by molar-refractivity contribution is -0.134. The number of nitrogens with zero attached hydrogens (tertiary/aromatic N) is 3. The Morgan fingerprint density at radius 3 is 0.815 bits per heavy atom. The van der Waals surface area contributed by atoms with Crippen molar-refractivity contribution in [3.63, 3.8) is 0 Å². The molecule has 0 spiro atoms. The standard InChI is InChI=1S/C12H24F9N3Si3/c1-25-22(7-4-10(13,14)15)26(2)24(9-6-12(19,20)21)27(3)23(25)8-5-11(16,17)18/h25-27H,4-9H2,1-3H3. The van der Waals surface area contributed by atoms with Crippen LogP contribution in [0.1, 0.15) is 19.3 Å². The number of rotatable bonds is 6. The molecule has 162 valence electrons. The molecular weight excluding hydrogens is 441 g/mol. The highest BCUT2D eigenvalue weighted by Gasteiger charge is 2.45. The van der Waals surface area contributed by atoms with Crippen molar-refractivity contribution < 1.29 is 39.5 Å². The van der Waals surface area contributed by atoms with Gasteiger partial charge in [0.25, 0.3) is 0 Å². The zero-order chi connectivity index (χ0) is 21.2. The minimum atomic E-state index is -4.42. The predicted molar refractivity (Wildman–Crippen MR) is 91.2 cm³/mol. The molecule has 0 N–H and O–H groups in total. The van der Waals surface area contributed by atoms with Crippen molar-refractivity contribution in [2.24, 2.45) is 0 Å². The summed E-state index contributed by atoms with van der Waals surface area (Å²) in [5, 5.41) is 0. The smallest absolute Gasteiger partial charge is 0.327 e. The van der Waals surface area contributed by atoms with E-state index in [0.717, 1.165) is 0 Å². The molecule has 0 bridgehead atoms. The molecule has 0 aliphatic carbocycles. The molecule has 0 amide bonds. The lowest BCUT2D eigenvalue weighted by atomic mass is 10.4. The summed E-state index contributed by atoms with van der Waals surface area (Å²) in [6.45, 7) is 3.95. The summed E-state index contributed by atoms with van der Waals surface area (Å²) >= 11 is 0. The van der Waals surface area contributed by atoms with Crippen LogP contribution in [-0.2, 0) is 0 Å². The molecule has 0 radical (unpaired) electrons. The molecule has 1 aliphatic rings. The summed E-state index contributed by atoms with van der Waals surface area (Å²) in [5.74, 6) is 0. The van der Waals surface area contributed by atoms with Crippen molar-refractivity contribution in [3.8, 4) is 0 Å². The molecule has 1 aliphatic heterocycles. The van der Waals surface area contributed by atoms with E-state index in [-0.39, 0.29) is 19.6 Å². The molecule has 27 heavy (non-hydrogen) atoms. The van der Waals surface area contributed by atoms with Crippen molar-refractivity contribution in [3.05, 3.63) is 0 Å². The molecule has 0 aromatic carbocycles. The average molecular weight is 466 g/mol. The Morgan fingerprint density at radius 1 is 0.481 bits per heavy atom. The predicted octanol–water partition coefficient (Wildman–Crippen LogP) is 3.31.